The number of pyridine rings is 1. The lowest BCUT2D eigenvalue weighted by Gasteiger charge is -2.23. The monoisotopic (exact) mass is 254 g/mol. The molecule has 0 unspecified atom stereocenters. The average Bonchev–Trinajstić information content (AvgIpc) is 2.38. The Hall–Kier alpha value is -2.36. The molecule has 4 nitrogen and oxygen atoms in total. The fraction of sp³-hybridized carbons (Fsp3) is 0.200. The highest BCUT2D eigenvalue weighted by Gasteiger charge is 2.13. The van der Waals surface area contributed by atoms with Gasteiger partial charge in [-0.3, -0.25) is 10.4 Å². The van der Waals surface area contributed by atoms with E-state index in [4.69, 9.17) is 11.1 Å². The Morgan fingerprint density at radius 1 is 1.21 bits per heavy atom. The van der Waals surface area contributed by atoms with Crippen molar-refractivity contribution in [2.75, 3.05) is 11.9 Å². The quantitative estimate of drug-likeness (QED) is 0.654. The second kappa shape index (κ2) is 5.10. The van der Waals surface area contributed by atoms with Crippen LogP contribution in [0.1, 0.15) is 16.8 Å². The molecule has 2 aromatic rings. The lowest BCUT2D eigenvalue weighted by molar-refractivity contribution is 1.13. The number of aryl methyl sites for hydroxylation is 2. The summed E-state index contributed by atoms with van der Waals surface area (Å²) in [5.41, 5.74) is 10.4. The number of amidine groups is 1. The lowest BCUT2D eigenvalue weighted by Crippen LogP contribution is -2.20. The third-order valence-electron chi connectivity index (χ3n) is 3.12. The molecule has 98 valence electrons. The zero-order valence-corrected chi connectivity index (χ0v) is 11.4. The molecule has 19 heavy (non-hydrogen) atoms. The highest BCUT2D eigenvalue weighted by atomic mass is 15.1. The summed E-state index contributed by atoms with van der Waals surface area (Å²) >= 11 is 0. The molecule has 0 saturated carbocycles. The fourth-order valence-electron chi connectivity index (χ4n) is 2.19. The Morgan fingerprint density at radius 3 is 2.58 bits per heavy atom. The number of hydrogen-bond acceptors (Lipinski definition) is 3. The highest BCUT2D eigenvalue weighted by Crippen LogP contribution is 2.28. The Bertz CT molecular complexity index is 619. The molecule has 1 heterocycles. The van der Waals surface area contributed by atoms with E-state index in [9.17, 15) is 0 Å². The summed E-state index contributed by atoms with van der Waals surface area (Å²) in [5.74, 6) is -0.0211. The Morgan fingerprint density at radius 2 is 1.95 bits per heavy atom. The van der Waals surface area contributed by atoms with Crippen molar-refractivity contribution in [1.82, 2.24) is 4.98 Å². The zero-order chi connectivity index (χ0) is 14.0. The van der Waals surface area contributed by atoms with Crippen molar-refractivity contribution in [3.8, 4) is 0 Å². The first-order valence-corrected chi connectivity index (χ1v) is 6.11. The summed E-state index contributed by atoms with van der Waals surface area (Å²) in [4.78, 5) is 6.19. The van der Waals surface area contributed by atoms with Crippen LogP contribution in [0, 0.1) is 19.3 Å². The molecule has 1 aromatic carbocycles. The minimum Gasteiger partial charge on any atom is -0.382 e. The van der Waals surface area contributed by atoms with Crippen LogP contribution in [-0.4, -0.2) is 17.9 Å². The number of aromatic nitrogens is 1. The maximum atomic E-state index is 7.61. The van der Waals surface area contributed by atoms with Crippen molar-refractivity contribution in [1.29, 1.82) is 5.41 Å². The summed E-state index contributed by atoms with van der Waals surface area (Å²) in [6.07, 6.45) is 1.65. The van der Waals surface area contributed by atoms with Gasteiger partial charge in [-0.15, -0.1) is 0 Å². The zero-order valence-electron chi connectivity index (χ0n) is 11.4. The SMILES string of the molecule is Cc1ccc(N(C)c2cccnc2C(=N)N)c(C)c1. The van der Waals surface area contributed by atoms with Crippen molar-refractivity contribution in [2.24, 2.45) is 5.73 Å². The van der Waals surface area contributed by atoms with E-state index in [0.29, 0.717) is 5.69 Å². The fourth-order valence-corrected chi connectivity index (χ4v) is 2.19. The van der Waals surface area contributed by atoms with Gasteiger partial charge in [0.05, 0.1) is 5.69 Å². The normalized spacial score (nSPS) is 10.3. The Balaban J connectivity index is 2.50. The molecule has 1 aromatic heterocycles. The van der Waals surface area contributed by atoms with Gasteiger partial charge in [-0.2, -0.15) is 0 Å². The van der Waals surface area contributed by atoms with Crippen molar-refractivity contribution < 1.29 is 0 Å². The number of nitrogens with zero attached hydrogens (tertiary/aromatic N) is 2. The van der Waals surface area contributed by atoms with Crippen molar-refractivity contribution in [3.63, 3.8) is 0 Å². The predicted molar refractivity (Wildman–Crippen MR) is 79.2 cm³/mol. The molecule has 0 saturated heterocycles. The summed E-state index contributed by atoms with van der Waals surface area (Å²) in [5, 5.41) is 7.61. The van der Waals surface area contributed by atoms with Gasteiger partial charge in [0.15, 0.2) is 0 Å². The van der Waals surface area contributed by atoms with E-state index in [1.165, 1.54) is 11.1 Å². The standard InChI is InChI=1S/C15H18N4/c1-10-6-7-12(11(2)9-10)19(3)13-5-4-8-18-14(13)15(16)17/h4-9H,1-3H3,(H3,16,17). The van der Waals surface area contributed by atoms with Crippen LogP contribution in [0.5, 0.6) is 0 Å². The minimum atomic E-state index is -0.0211. The van der Waals surface area contributed by atoms with Crippen LogP contribution in [0.25, 0.3) is 0 Å². The van der Waals surface area contributed by atoms with Gasteiger partial charge in [-0.1, -0.05) is 17.7 Å². The van der Waals surface area contributed by atoms with Crippen LogP contribution >= 0.6 is 0 Å². The van der Waals surface area contributed by atoms with Crippen LogP contribution < -0.4 is 10.6 Å². The van der Waals surface area contributed by atoms with Crippen molar-refractivity contribution >= 4 is 17.2 Å². The molecule has 2 rings (SSSR count). The van der Waals surface area contributed by atoms with E-state index in [1.54, 1.807) is 6.20 Å². The summed E-state index contributed by atoms with van der Waals surface area (Å²) in [7, 11) is 1.96. The number of hydrogen-bond donors (Lipinski definition) is 2. The first-order valence-electron chi connectivity index (χ1n) is 6.11. The molecule has 0 aliphatic heterocycles. The van der Waals surface area contributed by atoms with Gasteiger partial charge in [0.2, 0.25) is 0 Å². The van der Waals surface area contributed by atoms with Crippen LogP contribution in [-0.2, 0) is 0 Å². The van der Waals surface area contributed by atoms with Gasteiger partial charge in [0.25, 0.3) is 0 Å². The number of benzene rings is 1. The Kier molecular flexibility index (Phi) is 3.51. The molecular formula is C15H18N4. The van der Waals surface area contributed by atoms with E-state index < -0.39 is 0 Å². The van der Waals surface area contributed by atoms with Crippen LogP contribution in [0.2, 0.25) is 0 Å². The molecule has 0 aliphatic carbocycles. The molecule has 3 N–H and O–H groups in total. The number of anilines is 2. The van der Waals surface area contributed by atoms with Crippen LogP contribution in [0.4, 0.5) is 11.4 Å². The van der Waals surface area contributed by atoms with Crippen molar-refractivity contribution in [2.45, 2.75) is 13.8 Å². The summed E-state index contributed by atoms with van der Waals surface area (Å²) in [6, 6.07) is 10.0. The van der Waals surface area contributed by atoms with Crippen molar-refractivity contribution in [3.05, 3.63) is 53.3 Å². The van der Waals surface area contributed by atoms with E-state index in [0.717, 1.165) is 11.4 Å². The third-order valence-corrected chi connectivity index (χ3v) is 3.12. The number of nitrogens with two attached hydrogens (primary N) is 1. The second-order valence-electron chi connectivity index (χ2n) is 4.63. The number of nitrogens with one attached hydrogen (secondary N) is 1. The Labute approximate surface area is 113 Å². The molecule has 4 heteroatoms. The maximum Gasteiger partial charge on any atom is 0.143 e. The number of nitrogen functional groups attached to an aromatic ring is 1. The summed E-state index contributed by atoms with van der Waals surface area (Å²) in [6.45, 7) is 4.14. The molecule has 0 aliphatic rings. The van der Waals surface area contributed by atoms with Gasteiger partial charge in [0.1, 0.15) is 11.5 Å². The first-order chi connectivity index (χ1) is 9.00. The van der Waals surface area contributed by atoms with Crippen LogP contribution in [0.3, 0.4) is 0 Å². The molecule has 0 amide bonds. The van der Waals surface area contributed by atoms with Gasteiger partial charge < -0.3 is 10.6 Å². The molecule has 0 atom stereocenters. The van der Waals surface area contributed by atoms with E-state index in [2.05, 4.69) is 37.0 Å². The lowest BCUT2D eigenvalue weighted by atomic mass is 10.1. The van der Waals surface area contributed by atoms with E-state index in [1.807, 2.05) is 24.1 Å². The average molecular weight is 254 g/mol. The van der Waals surface area contributed by atoms with Gasteiger partial charge in [-0.25, -0.2) is 0 Å². The van der Waals surface area contributed by atoms with E-state index in [-0.39, 0.29) is 5.84 Å². The molecule has 0 spiro atoms. The molecule has 0 fully saturated rings. The summed E-state index contributed by atoms with van der Waals surface area (Å²) < 4.78 is 0. The highest BCUT2D eigenvalue weighted by molar-refractivity contribution is 5.99. The van der Waals surface area contributed by atoms with Gasteiger partial charge in [0, 0.05) is 18.9 Å². The minimum absolute atomic E-state index is 0.0211. The van der Waals surface area contributed by atoms with Gasteiger partial charge in [-0.05, 0) is 37.6 Å². The van der Waals surface area contributed by atoms with Crippen LogP contribution in [0.15, 0.2) is 36.5 Å². The predicted octanol–water partition coefficient (Wildman–Crippen LogP) is 2.75. The first kappa shape index (κ1) is 13.1. The number of rotatable bonds is 3. The topological polar surface area (TPSA) is 66.0 Å². The third kappa shape index (κ3) is 2.57. The maximum absolute atomic E-state index is 7.61. The molecule has 0 radical (unpaired) electrons. The smallest absolute Gasteiger partial charge is 0.143 e. The molecule has 0 bridgehead atoms. The second-order valence-corrected chi connectivity index (χ2v) is 4.63. The van der Waals surface area contributed by atoms with Gasteiger partial charge >= 0.3 is 0 Å². The molecular weight excluding hydrogens is 236 g/mol. The largest absolute Gasteiger partial charge is 0.382 e. The van der Waals surface area contributed by atoms with E-state index >= 15 is 0 Å².